The zero-order valence-electron chi connectivity index (χ0n) is 19.8. The van der Waals surface area contributed by atoms with Crippen molar-refractivity contribution < 1.29 is 14.3 Å². The maximum Gasteiger partial charge on any atom is 0.227 e. The van der Waals surface area contributed by atoms with E-state index in [4.69, 9.17) is 14.5 Å². The van der Waals surface area contributed by atoms with Gasteiger partial charge in [-0.1, -0.05) is 42.5 Å². The number of rotatable bonds is 7. The van der Waals surface area contributed by atoms with Crippen LogP contribution in [0.2, 0.25) is 0 Å². The summed E-state index contributed by atoms with van der Waals surface area (Å²) in [5.74, 6) is 2.64. The van der Waals surface area contributed by atoms with E-state index in [9.17, 15) is 4.79 Å². The summed E-state index contributed by atoms with van der Waals surface area (Å²) in [6.07, 6.45) is 0.416. The third-order valence-electron chi connectivity index (χ3n) is 6.52. The topological polar surface area (TPSA) is 56.6 Å². The Labute approximate surface area is 199 Å². The maximum absolute atomic E-state index is 13.0. The highest BCUT2D eigenvalue weighted by atomic mass is 16.5. The molecular formula is C28H29N3O3. The number of aryl methyl sites for hydroxylation is 2. The SMILES string of the molecule is COc1ccccc1N1CC(c2nc3ccccc3n2CCOc2c(C)cccc2C)CC1=O. The second-order valence-electron chi connectivity index (χ2n) is 8.76. The van der Waals surface area contributed by atoms with Crippen LogP contribution in [0.4, 0.5) is 5.69 Å². The molecule has 174 valence electrons. The molecule has 0 radical (unpaired) electrons. The van der Waals surface area contributed by atoms with Crippen LogP contribution in [0.15, 0.2) is 66.7 Å². The average Bonchev–Trinajstić information content (AvgIpc) is 3.41. The van der Waals surface area contributed by atoms with E-state index >= 15 is 0 Å². The fourth-order valence-corrected chi connectivity index (χ4v) is 4.87. The number of benzene rings is 3. The van der Waals surface area contributed by atoms with Gasteiger partial charge in [-0.05, 0) is 49.2 Å². The Morgan fingerprint density at radius 3 is 2.50 bits per heavy atom. The van der Waals surface area contributed by atoms with Gasteiger partial charge in [0.2, 0.25) is 5.91 Å². The van der Waals surface area contributed by atoms with Crippen molar-refractivity contribution in [1.82, 2.24) is 9.55 Å². The summed E-state index contributed by atoms with van der Waals surface area (Å²) in [5.41, 5.74) is 5.06. The third kappa shape index (κ3) is 4.00. The van der Waals surface area contributed by atoms with Gasteiger partial charge in [0.1, 0.15) is 23.9 Å². The quantitative estimate of drug-likeness (QED) is 0.381. The number of fused-ring (bicyclic) bond motifs is 1. The molecule has 1 fully saturated rings. The Balaban J connectivity index is 1.43. The van der Waals surface area contributed by atoms with Gasteiger partial charge in [0, 0.05) is 18.9 Å². The number of amides is 1. The molecule has 34 heavy (non-hydrogen) atoms. The smallest absolute Gasteiger partial charge is 0.227 e. The van der Waals surface area contributed by atoms with Crippen LogP contribution < -0.4 is 14.4 Å². The van der Waals surface area contributed by atoms with Crippen molar-refractivity contribution in [3.63, 3.8) is 0 Å². The average molecular weight is 456 g/mol. The van der Waals surface area contributed by atoms with Crippen LogP contribution in [-0.4, -0.2) is 35.7 Å². The summed E-state index contributed by atoms with van der Waals surface area (Å²) in [4.78, 5) is 19.8. The fourth-order valence-electron chi connectivity index (χ4n) is 4.87. The van der Waals surface area contributed by atoms with Gasteiger partial charge in [0.25, 0.3) is 0 Å². The minimum absolute atomic E-state index is 0.00925. The van der Waals surface area contributed by atoms with Crippen molar-refractivity contribution in [3.8, 4) is 11.5 Å². The Kier molecular flexibility index (Phi) is 5.97. The Hall–Kier alpha value is -3.80. The van der Waals surface area contributed by atoms with Crippen molar-refractivity contribution in [2.75, 3.05) is 25.2 Å². The molecule has 1 aliphatic rings. The number of anilines is 1. The number of para-hydroxylation sites is 5. The minimum atomic E-state index is -0.00925. The molecule has 1 aromatic heterocycles. The van der Waals surface area contributed by atoms with Gasteiger partial charge < -0.3 is 18.9 Å². The minimum Gasteiger partial charge on any atom is -0.495 e. The van der Waals surface area contributed by atoms with Crippen LogP contribution in [0.5, 0.6) is 11.5 Å². The van der Waals surface area contributed by atoms with Crippen LogP contribution in [-0.2, 0) is 11.3 Å². The highest BCUT2D eigenvalue weighted by Gasteiger charge is 2.35. The number of ether oxygens (including phenoxy) is 2. The standard InChI is InChI=1S/C28H29N3O3/c1-19-9-8-10-20(2)27(19)34-16-15-30-23-12-5-4-11-22(23)29-28(30)21-17-26(32)31(18-21)24-13-6-7-14-25(24)33-3/h4-14,21H,15-18H2,1-3H3. The molecule has 1 amide bonds. The lowest BCUT2D eigenvalue weighted by Crippen LogP contribution is -2.25. The Morgan fingerprint density at radius 2 is 1.71 bits per heavy atom. The molecule has 6 heteroatoms. The second-order valence-corrected chi connectivity index (χ2v) is 8.76. The summed E-state index contributed by atoms with van der Waals surface area (Å²) in [5, 5.41) is 0. The molecule has 4 aromatic rings. The number of aromatic nitrogens is 2. The second kappa shape index (κ2) is 9.21. The number of carbonyl (C=O) groups is 1. The predicted molar refractivity (Wildman–Crippen MR) is 134 cm³/mol. The maximum atomic E-state index is 13.0. The number of methoxy groups -OCH3 is 1. The van der Waals surface area contributed by atoms with E-state index in [1.807, 2.05) is 53.4 Å². The summed E-state index contributed by atoms with van der Waals surface area (Å²) >= 11 is 0. The van der Waals surface area contributed by atoms with E-state index < -0.39 is 0 Å². The van der Waals surface area contributed by atoms with Crippen molar-refractivity contribution in [2.45, 2.75) is 32.7 Å². The van der Waals surface area contributed by atoms with Crippen molar-refractivity contribution >= 4 is 22.6 Å². The molecule has 5 rings (SSSR count). The van der Waals surface area contributed by atoms with Crippen molar-refractivity contribution in [1.29, 1.82) is 0 Å². The van der Waals surface area contributed by atoms with Gasteiger partial charge in [-0.25, -0.2) is 4.98 Å². The van der Waals surface area contributed by atoms with Crippen molar-refractivity contribution in [2.24, 2.45) is 0 Å². The zero-order chi connectivity index (χ0) is 23.7. The van der Waals surface area contributed by atoms with E-state index in [0.29, 0.717) is 31.9 Å². The summed E-state index contributed by atoms with van der Waals surface area (Å²) < 4.78 is 13.9. The number of carbonyl (C=O) groups excluding carboxylic acids is 1. The summed E-state index contributed by atoms with van der Waals surface area (Å²) in [7, 11) is 1.63. The van der Waals surface area contributed by atoms with Crippen LogP contribution in [0, 0.1) is 13.8 Å². The van der Waals surface area contributed by atoms with Crippen LogP contribution in [0.1, 0.15) is 29.3 Å². The van der Waals surface area contributed by atoms with Crippen LogP contribution in [0.25, 0.3) is 11.0 Å². The molecule has 0 spiro atoms. The van der Waals surface area contributed by atoms with Gasteiger partial charge in [-0.2, -0.15) is 0 Å². The van der Waals surface area contributed by atoms with Gasteiger partial charge in [0.05, 0.1) is 30.4 Å². The van der Waals surface area contributed by atoms with E-state index in [2.05, 4.69) is 36.6 Å². The molecule has 1 unspecified atom stereocenters. The first-order valence-corrected chi connectivity index (χ1v) is 11.6. The lowest BCUT2D eigenvalue weighted by Gasteiger charge is -2.20. The normalized spacial score (nSPS) is 15.8. The Bertz CT molecular complexity index is 1320. The molecule has 0 bridgehead atoms. The first-order valence-electron chi connectivity index (χ1n) is 11.6. The third-order valence-corrected chi connectivity index (χ3v) is 6.52. The van der Waals surface area contributed by atoms with Crippen LogP contribution >= 0.6 is 0 Å². The van der Waals surface area contributed by atoms with E-state index in [1.165, 1.54) is 0 Å². The molecule has 6 nitrogen and oxygen atoms in total. The summed E-state index contributed by atoms with van der Waals surface area (Å²) in [6.45, 7) is 5.88. The van der Waals surface area contributed by atoms with Gasteiger partial charge >= 0.3 is 0 Å². The molecule has 0 saturated carbocycles. The zero-order valence-corrected chi connectivity index (χ0v) is 19.8. The first kappa shape index (κ1) is 22.0. The lowest BCUT2D eigenvalue weighted by atomic mass is 10.1. The molecule has 3 aromatic carbocycles. The van der Waals surface area contributed by atoms with Gasteiger partial charge in [-0.3, -0.25) is 4.79 Å². The molecule has 1 aliphatic heterocycles. The van der Waals surface area contributed by atoms with Crippen LogP contribution in [0.3, 0.4) is 0 Å². The lowest BCUT2D eigenvalue weighted by molar-refractivity contribution is -0.117. The predicted octanol–water partition coefficient (Wildman–Crippen LogP) is 5.26. The highest BCUT2D eigenvalue weighted by molar-refractivity contribution is 5.97. The molecule has 0 aliphatic carbocycles. The highest BCUT2D eigenvalue weighted by Crippen LogP contribution is 2.37. The molecule has 1 saturated heterocycles. The number of imidazole rings is 1. The van der Waals surface area contributed by atoms with Crippen molar-refractivity contribution in [3.05, 3.63) is 83.7 Å². The summed E-state index contributed by atoms with van der Waals surface area (Å²) in [6, 6.07) is 22.0. The number of hydrogen-bond donors (Lipinski definition) is 0. The van der Waals surface area contributed by atoms with Gasteiger partial charge in [-0.15, -0.1) is 0 Å². The molecule has 2 heterocycles. The molecular weight excluding hydrogens is 426 g/mol. The monoisotopic (exact) mass is 455 g/mol. The largest absolute Gasteiger partial charge is 0.495 e. The Morgan fingerprint density at radius 1 is 0.971 bits per heavy atom. The molecule has 1 atom stereocenters. The molecule has 0 N–H and O–H groups in total. The number of nitrogens with zero attached hydrogens (tertiary/aromatic N) is 3. The van der Waals surface area contributed by atoms with E-state index in [0.717, 1.165) is 39.4 Å². The van der Waals surface area contributed by atoms with Gasteiger partial charge in [0.15, 0.2) is 0 Å². The van der Waals surface area contributed by atoms with E-state index in [-0.39, 0.29) is 11.8 Å². The van der Waals surface area contributed by atoms with E-state index in [1.54, 1.807) is 7.11 Å². The number of hydrogen-bond acceptors (Lipinski definition) is 4. The first-order chi connectivity index (χ1) is 16.6. The fraction of sp³-hybridized carbons (Fsp3) is 0.286.